The number of amides is 1. The molecule has 30 heavy (non-hydrogen) atoms. The number of carboxylic acids is 1. The van der Waals surface area contributed by atoms with E-state index in [0.29, 0.717) is 28.9 Å². The lowest BCUT2D eigenvalue weighted by molar-refractivity contribution is -0.384. The Labute approximate surface area is 171 Å². The molecule has 152 valence electrons. The Hall–Kier alpha value is -4.01. The van der Waals surface area contributed by atoms with Crippen LogP contribution in [0.3, 0.4) is 0 Å². The van der Waals surface area contributed by atoms with Gasteiger partial charge in [0, 0.05) is 36.2 Å². The summed E-state index contributed by atoms with van der Waals surface area (Å²) in [4.78, 5) is 36.1. The van der Waals surface area contributed by atoms with Crippen LogP contribution in [-0.2, 0) is 4.79 Å². The molecule has 0 spiro atoms. The summed E-state index contributed by atoms with van der Waals surface area (Å²) in [5.41, 5.74) is 3.16. The van der Waals surface area contributed by atoms with Gasteiger partial charge in [-0.25, -0.2) is 0 Å². The van der Waals surface area contributed by atoms with Crippen LogP contribution in [0.4, 0.5) is 5.69 Å². The Morgan fingerprint density at radius 1 is 1.17 bits per heavy atom. The minimum Gasteiger partial charge on any atom is -0.481 e. The average Bonchev–Trinajstić information content (AvgIpc) is 3.28. The molecule has 1 aliphatic rings. The van der Waals surface area contributed by atoms with Gasteiger partial charge in [0.2, 0.25) is 0 Å². The van der Waals surface area contributed by atoms with Gasteiger partial charge in [0.05, 0.1) is 16.7 Å². The van der Waals surface area contributed by atoms with Gasteiger partial charge in [0.25, 0.3) is 11.6 Å². The molecule has 1 aromatic heterocycles. The molecule has 9 heteroatoms. The third-order valence-electron chi connectivity index (χ3n) is 5.12. The zero-order valence-corrected chi connectivity index (χ0v) is 15.8. The molecule has 0 aliphatic carbocycles. The molecule has 0 saturated heterocycles. The van der Waals surface area contributed by atoms with E-state index in [1.165, 1.54) is 12.1 Å². The summed E-state index contributed by atoms with van der Waals surface area (Å²) >= 11 is 0. The van der Waals surface area contributed by atoms with E-state index in [-0.39, 0.29) is 24.6 Å². The number of nitro benzene ring substituents is 1. The number of aromatic amines is 1. The van der Waals surface area contributed by atoms with Gasteiger partial charge in [-0.05, 0) is 24.1 Å². The van der Waals surface area contributed by atoms with Crippen molar-refractivity contribution in [3.63, 3.8) is 0 Å². The number of nitrogens with zero attached hydrogens (tertiary/aromatic N) is 3. The zero-order valence-electron chi connectivity index (χ0n) is 15.8. The smallest absolute Gasteiger partial charge is 0.303 e. The quantitative estimate of drug-likeness (QED) is 0.457. The number of nitrogens with one attached hydrogen (secondary N) is 1. The van der Waals surface area contributed by atoms with Crippen molar-refractivity contribution in [2.75, 3.05) is 6.54 Å². The van der Waals surface area contributed by atoms with Crippen molar-refractivity contribution < 1.29 is 19.6 Å². The Kier molecular flexibility index (Phi) is 5.01. The maximum Gasteiger partial charge on any atom is 0.303 e. The lowest BCUT2D eigenvalue weighted by Crippen LogP contribution is -2.30. The number of carbonyl (C=O) groups is 2. The van der Waals surface area contributed by atoms with Gasteiger partial charge in [0.1, 0.15) is 5.69 Å². The summed E-state index contributed by atoms with van der Waals surface area (Å²) in [7, 11) is 0. The zero-order chi connectivity index (χ0) is 21.3. The number of carbonyl (C=O) groups excluding carboxylic acids is 1. The van der Waals surface area contributed by atoms with E-state index in [2.05, 4.69) is 10.2 Å². The number of aliphatic carboxylic acids is 1. The van der Waals surface area contributed by atoms with Crippen LogP contribution in [0.1, 0.15) is 40.5 Å². The Bertz CT molecular complexity index is 1110. The standard InChI is InChI=1S/C21H18N4O5/c26-16(27)7-4-12-24-20(14-8-10-15(11-9-14)25(29)30)17-18(13-5-2-1-3-6-13)22-23-19(17)21(24)28/h1-3,5-6,8-11,20H,4,7,12H2,(H,22,23)(H,26,27)/t20-/m0/s1. The fraction of sp³-hybridized carbons (Fsp3) is 0.190. The van der Waals surface area contributed by atoms with Crippen LogP contribution < -0.4 is 0 Å². The predicted molar refractivity (Wildman–Crippen MR) is 107 cm³/mol. The van der Waals surface area contributed by atoms with Crippen molar-refractivity contribution in [3.05, 3.63) is 81.5 Å². The van der Waals surface area contributed by atoms with E-state index >= 15 is 0 Å². The summed E-state index contributed by atoms with van der Waals surface area (Å²) in [6.45, 7) is 0.240. The highest BCUT2D eigenvalue weighted by atomic mass is 16.6. The molecule has 0 unspecified atom stereocenters. The molecule has 0 saturated carbocycles. The van der Waals surface area contributed by atoms with Gasteiger partial charge in [-0.15, -0.1) is 0 Å². The molecular weight excluding hydrogens is 388 g/mol. The number of rotatable bonds is 7. The van der Waals surface area contributed by atoms with Crippen molar-refractivity contribution in [2.45, 2.75) is 18.9 Å². The van der Waals surface area contributed by atoms with Crippen molar-refractivity contribution in [1.82, 2.24) is 15.1 Å². The second kappa shape index (κ2) is 7.78. The van der Waals surface area contributed by atoms with Gasteiger partial charge >= 0.3 is 5.97 Å². The minimum atomic E-state index is -0.932. The predicted octanol–water partition coefficient (Wildman–Crippen LogP) is 3.39. The third-order valence-corrected chi connectivity index (χ3v) is 5.12. The van der Waals surface area contributed by atoms with Crippen molar-refractivity contribution in [2.24, 2.45) is 0 Å². The largest absolute Gasteiger partial charge is 0.481 e. The summed E-state index contributed by atoms with van der Waals surface area (Å²) in [6, 6.07) is 14.9. The van der Waals surface area contributed by atoms with Crippen LogP contribution in [0.2, 0.25) is 0 Å². The van der Waals surface area contributed by atoms with E-state index < -0.39 is 16.9 Å². The highest BCUT2D eigenvalue weighted by Crippen LogP contribution is 2.43. The van der Waals surface area contributed by atoms with Crippen LogP contribution in [0.5, 0.6) is 0 Å². The Balaban J connectivity index is 1.78. The summed E-state index contributed by atoms with van der Waals surface area (Å²) in [6.07, 6.45) is 0.234. The number of H-pyrrole nitrogens is 1. The highest BCUT2D eigenvalue weighted by Gasteiger charge is 2.42. The first-order valence-electron chi connectivity index (χ1n) is 9.38. The number of carboxylic acid groups (broad SMARTS) is 1. The molecular formula is C21H18N4O5. The van der Waals surface area contributed by atoms with Gasteiger partial charge < -0.3 is 10.0 Å². The van der Waals surface area contributed by atoms with Crippen LogP contribution >= 0.6 is 0 Å². The molecule has 1 aliphatic heterocycles. The molecule has 9 nitrogen and oxygen atoms in total. The normalized spacial score (nSPS) is 15.3. The number of fused-ring (bicyclic) bond motifs is 1. The molecule has 4 rings (SSSR count). The van der Waals surface area contributed by atoms with Gasteiger partial charge in [-0.2, -0.15) is 5.10 Å². The lowest BCUT2D eigenvalue weighted by atomic mass is 9.96. The monoisotopic (exact) mass is 406 g/mol. The fourth-order valence-electron chi connectivity index (χ4n) is 3.77. The van der Waals surface area contributed by atoms with E-state index in [1.807, 2.05) is 30.3 Å². The number of benzene rings is 2. The second-order valence-corrected chi connectivity index (χ2v) is 6.97. The maximum absolute atomic E-state index is 13.1. The topological polar surface area (TPSA) is 129 Å². The van der Waals surface area contributed by atoms with Crippen LogP contribution in [-0.4, -0.2) is 43.5 Å². The Morgan fingerprint density at radius 2 is 1.87 bits per heavy atom. The van der Waals surface area contributed by atoms with Crippen LogP contribution in [0, 0.1) is 10.1 Å². The first-order valence-corrected chi connectivity index (χ1v) is 9.38. The van der Waals surface area contributed by atoms with Gasteiger partial charge in [0.15, 0.2) is 0 Å². The molecule has 0 radical (unpaired) electrons. The number of hydrogen-bond acceptors (Lipinski definition) is 5. The summed E-state index contributed by atoms with van der Waals surface area (Å²) in [5.74, 6) is -1.20. The Morgan fingerprint density at radius 3 is 2.50 bits per heavy atom. The lowest BCUT2D eigenvalue weighted by Gasteiger charge is -2.26. The minimum absolute atomic E-state index is 0.0452. The first-order chi connectivity index (χ1) is 14.5. The summed E-state index contributed by atoms with van der Waals surface area (Å²) < 4.78 is 0. The summed E-state index contributed by atoms with van der Waals surface area (Å²) in [5, 5.41) is 27.2. The maximum atomic E-state index is 13.1. The number of non-ortho nitro benzene ring substituents is 1. The molecule has 2 N–H and O–H groups in total. The molecule has 0 bridgehead atoms. The molecule has 2 heterocycles. The van der Waals surface area contributed by atoms with E-state index in [0.717, 1.165) is 5.56 Å². The number of hydrogen-bond donors (Lipinski definition) is 2. The highest BCUT2D eigenvalue weighted by molar-refractivity contribution is 6.00. The second-order valence-electron chi connectivity index (χ2n) is 6.97. The van der Waals surface area contributed by atoms with Crippen LogP contribution in [0.15, 0.2) is 54.6 Å². The number of nitro groups is 1. The third kappa shape index (κ3) is 3.41. The van der Waals surface area contributed by atoms with Gasteiger partial charge in [-0.3, -0.25) is 24.8 Å². The molecule has 2 aromatic carbocycles. The van der Waals surface area contributed by atoms with E-state index in [9.17, 15) is 19.7 Å². The number of aromatic nitrogens is 2. The first kappa shape index (κ1) is 19.3. The molecule has 0 fully saturated rings. The van der Waals surface area contributed by atoms with Crippen molar-refractivity contribution in [1.29, 1.82) is 0 Å². The molecule has 3 aromatic rings. The van der Waals surface area contributed by atoms with Crippen molar-refractivity contribution in [3.8, 4) is 11.3 Å². The van der Waals surface area contributed by atoms with Gasteiger partial charge in [-0.1, -0.05) is 30.3 Å². The SMILES string of the molecule is O=C(O)CCCN1C(=O)c2[nH]nc(-c3ccccc3)c2[C@@H]1c1ccc([N+](=O)[O-])cc1. The van der Waals surface area contributed by atoms with Crippen molar-refractivity contribution >= 4 is 17.6 Å². The van der Waals surface area contributed by atoms with E-state index in [1.54, 1.807) is 17.0 Å². The van der Waals surface area contributed by atoms with E-state index in [4.69, 9.17) is 5.11 Å². The fourth-order valence-corrected chi connectivity index (χ4v) is 3.77. The molecule has 1 amide bonds. The van der Waals surface area contributed by atoms with Crippen LogP contribution in [0.25, 0.3) is 11.3 Å². The average molecular weight is 406 g/mol. The molecule has 1 atom stereocenters.